The largest absolute Gasteiger partial charge is 0.481 e. The average Bonchev–Trinajstić information content (AvgIpc) is 3.37. The highest BCUT2D eigenvalue weighted by molar-refractivity contribution is 7.80. The van der Waals surface area contributed by atoms with Gasteiger partial charge in [-0.15, -0.1) is 0 Å². The van der Waals surface area contributed by atoms with Crippen molar-refractivity contribution in [3.63, 3.8) is 0 Å². The van der Waals surface area contributed by atoms with Crippen LogP contribution in [0.5, 0.6) is 0 Å². The second-order valence-electron chi connectivity index (χ2n) is 18.8. The zero-order chi connectivity index (χ0) is 57.5. The molecule has 0 saturated heterocycles. The molecule has 1 fully saturated rings. The van der Waals surface area contributed by atoms with Crippen molar-refractivity contribution >= 4 is 89.6 Å². The number of amides is 10. The van der Waals surface area contributed by atoms with Gasteiger partial charge >= 0.3 is 5.97 Å². The number of primary amides is 1. The van der Waals surface area contributed by atoms with Gasteiger partial charge in [0.15, 0.2) is 11.9 Å². The van der Waals surface area contributed by atoms with Crippen molar-refractivity contribution in [1.29, 1.82) is 0 Å². The Morgan fingerprint density at radius 1 is 0.553 bits per heavy atom. The Labute approximate surface area is 448 Å². The van der Waals surface area contributed by atoms with Gasteiger partial charge in [0.25, 0.3) is 0 Å². The van der Waals surface area contributed by atoms with Gasteiger partial charge in [0.1, 0.15) is 36.3 Å². The first-order valence-corrected chi connectivity index (χ1v) is 26.1. The van der Waals surface area contributed by atoms with Gasteiger partial charge in [0.05, 0.1) is 32.1 Å². The molecule has 29 nitrogen and oxygen atoms in total. The highest BCUT2D eigenvalue weighted by Crippen LogP contribution is 2.27. The van der Waals surface area contributed by atoms with Crippen molar-refractivity contribution in [2.75, 3.05) is 38.5 Å². The number of guanidine groups is 2. The predicted molar refractivity (Wildman–Crippen MR) is 284 cm³/mol. The van der Waals surface area contributed by atoms with E-state index >= 15 is 0 Å². The third-order valence-electron chi connectivity index (χ3n) is 12.5. The van der Waals surface area contributed by atoms with Crippen LogP contribution in [0.4, 0.5) is 0 Å². The molecule has 430 valence electrons. The zero-order valence-corrected chi connectivity index (χ0v) is 44.8. The summed E-state index contributed by atoms with van der Waals surface area (Å²) in [7, 11) is 0. The van der Waals surface area contributed by atoms with Gasteiger partial charge in [-0.05, 0) is 49.9 Å². The van der Waals surface area contributed by atoms with E-state index in [9.17, 15) is 57.8 Å². The summed E-state index contributed by atoms with van der Waals surface area (Å²) in [6.45, 7) is 4.95. The maximum absolute atomic E-state index is 14.1. The number of carboxylic acids is 1. The Morgan fingerprint density at radius 3 is 1.50 bits per heavy atom. The van der Waals surface area contributed by atoms with E-state index in [0.29, 0.717) is 12.8 Å². The van der Waals surface area contributed by atoms with Crippen LogP contribution < -0.4 is 82.3 Å². The molecular weight excluding hydrogens is 1010 g/mol. The number of carbonyl (C=O) groups is 11. The summed E-state index contributed by atoms with van der Waals surface area (Å²) in [5.74, 6) is -11.3. The summed E-state index contributed by atoms with van der Waals surface area (Å²) in [6.07, 6.45) is 4.78. The topological polar surface area (TPSA) is 497 Å². The lowest BCUT2D eigenvalue weighted by atomic mass is 9.84. The summed E-state index contributed by atoms with van der Waals surface area (Å²) in [5.41, 5.74) is 32.8. The average molecular weight is 1100 g/mol. The quantitative estimate of drug-likeness (QED) is 0.0121. The van der Waals surface area contributed by atoms with E-state index in [1.54, 1.807) is 27.7 Å². The smallest absolute Gasteiger partial charge is 0.305 e. The lowest BCUT2D eigenvalue weighted by molar-refractivity contribution is -0.142. The molecule has 1 aliphatic carbocycles. The third kappa shape index (κ3) is 27.0. The van der Waals surface area contributed by atoms with Crippen LogP contribution in [0.1, 0.15) is 111 Å². The van der Waals surface area contributed by atoms with E-state index in [0.717, 1.165) is 32.1 Å². The lowest BCUT2D eigenvalue weighted by Crippen LogP contribution is -2.61. The number of nitrogens with zero attached hydrogens (tertiary/aromatic N) is 2. The molecule has 76 heavy (non-hydrogen) atoms. The zero-order valence-electron chi connectivity index (χ0n) is 44.0. The van der Waals surface area contributed by atoms with Gasteiger partial charge in [-0.3, -0.25) is 62.7 Å². The standard InChI is InChI=1S/C46H83N17O12S/c1-5-24(3)36(43(74)56-20-32(48)64)62-41(72)29(15-11-17-54-46(51)52)59-42(73)31(19-35(67)68)61-44(75)37(25(4)6-2)63-40(71)28(14-10-16-53-45(49)50)58-34(66)22-55-33(65)21-57-39(70)30(60-38(69)27(47)23-76)18-26-12-8-7-9-13-26/h24-31,36-37,76H,5-23,47H2,1-4H3,(H2,48,64)(H,55,65)(H,56,74)(H,57,70)(H,58,66)(H,59,73)(H,60,69)(H,61,75)(H,62,72)(H,63,71)(H,67,68)(H4,49,50,53)(H4,51,52,54)/t24-,25-,27-,28-,29-,30-,31-,36-,37-/m0/s1. The molecule has 10 amide bonds. The summed E-state index contributed by atoms with van der Waals surface area (Å²) in [4.78, 5) is 152. The van der Waals surface area contributed by atoms with Gasteiger partial charge < -0.3 is 87.4 Å². The van der Waals surface area contributed by atoms with Crippen LogP contribution >= 0.6 is 12.6 Å². The number of aliphatic imine (C=N–C) groups is 2. The fourth-order valence-electron chi connectivity index (χ4n) is 7.78. The van der Waals surface area contributed by atoms with Crippen LogP contribution in [0.3, 0.4) is 0 Å². The molecule has 30 heteroatoms. The van der Waals surface area contributed by atoms with E-state index in [1.165, 1.54) is 0 Å². The second kappa shape index (κ2) is 36.1. The lowest BCUT2D eigenvalue weighted by Gasteiger charge is -2.29. The van der Waals surface area contributed by atoms with Crippen molar-refractivity contribution in [2.45, 2.75) is 153 Å². The minimum Gasteiger partial charge on any atom is -0.481 e. The molecular formula is C46H83N17O12S. The molecule has 9 atom stereocenters. The molecule has 0 aliphatic heterocycles. The van der Waals surface area contributed by atoms with Crippen LogP contribution in [-0.4, -0.2) is 163 Å². The van der Waals surface area contributed by atoms with Crippen LogP contribution in [0.2, 0.25) is 0 Å². The highest BCUT2D eigenvalue weighted by atomic mass is 32.1. The Hall–Kier alpha value is -6.98. The Bertz CT molecular complexity index is 2030. The van der Waals surface area contributed by atoms with Crippen molar-refractivity contribution < 1.29 is 57.8 Å². The molecule has 1 rings (SSSR count). The first-order valence-electron chi connectivity index (χ1n) is 25.4. The van der Waals surface area contributed by atoms with E-state index in [4.69, 9.17) is 34.4 Å². The summed E-state index contributed by atoms with van der Waals surface area (Å²) in [6, 6.07) is -9.26. The third-order valence-corrected chi connectivity index (χ3v) is 12.9. The molecule has 0 aromatic heterocycles. The Morgan fingerprint density at radius 2 is 1.01 bits per heavy atom. The molecule has 22 N–H and O–H groups in total. The minimum absolute atomic E-state index is 0.00317. The molecule has 1 aliphatic rings. The van der Waals surface area contributed by atoms with Crippen molar-refractivity contribution in [3.8, 4) is 0 Å². The first-order chi connectivity index (χ1) is 35.8. The number of nitrogens with two attached hydrogens (primary N) is 6. The number of thiol groups is 1. The SMILES string of the molecule is CC[C@H](C)[C@H](NC(=O)[C@H](CCCN=C(N)N)NC(=O)[C@H](CC(=O)O)NC(=O)[C@@H](NC(=O)[C@H](CCCN=C(N)N)NC(=O)CNC(=O)CNC(=O)[C@H](CC1CCCCC1)NC(=O)[C@@H](N)CS)[C@@H](C)CC)C(=O)NCC(N)=O. The van der Waals surface area contributed by atoms with Crippen LogP contribution in [0.15, 0.2) is 9.98 Å². The first kappa shape index (κ1) is 67.0. The van der Waals surface area contributed by atoms with Crippen LogP contribution in [-0.2, 0) is 52.7 Å². The van der Waals surface area contributed by atoms with Gasteiger partial charge in [-0.2, -0.15) is 12.6 Å². The molecule has 0 spiro atoms. The van der Waals surface area contributed by atoms with E-state index < -0.39 is 145 Å². The van der Waals surface area contributed by atoms with Gasteiger partial charge in [-0.1, -0.05) is 72.6 Å². The monoisotopic (exact) mass is 1100 g/mol. The summed E-state index contributed by atoms with van der Waals surface area (Å²) < 4.78 is 0. The molecule has 1 saturated carbocycles. The number of rotatable bonds is 36. The fraction of sp³-hybridized carbons (Fsp3) is 0.717. The molecule has 0 unspecified atom stereocenters. The van der Waals surface area contributed by atoms with Crippen molar-refractivity contribution in [3.05, 3.63) is 0 Å². The number of nitrogens with one attached hydrogen (secondary N) is 9. The summed E-state index contributed by atoms with van der Waals surface area (Å²) in [5, 5.41) is 32.1. The fourth-order valence-corrected chi connectivity index (χ4v) is 7.95. The molecule has 0 aromatic carbocycles. The number of carboxylic acid groups (broad SMARTS) is 1. The second-order valence-corrected chi connectivity index (χ2v) is 19.1. The Kier molecular flexibility index (Phi) is 31.8. The number of aliphatic carboxylic acids is 1. The Balaban J connectivity index is 3.31. The van der Waals surface area contributed by atoms with Gasteiger partial charge in [0.2, 0.25) is 59.1 Å². The number of carbonyl (C=O) groups excluding carboxylic acids is 10. The van der Waals surface area contributed by atoms with Gasteiger partial charge in [-0.25, -0.2) is 0 Å². The molecule has 0 radical (unpaired) electrons. The van der Waals surface area contributed by atoms with Crippen molar-refractivity contribution in [1.82, 2.24) is 47.9 Å². The predicted octanol–water partition coefficient (Wildman–Crippen LogP) is -5.37. The van der Waals surface area contributed by atoms with E-state index in [2.05, 4.69) is 70.5 Å². The van der Waals surface area contributed by atoms with E-state index in [1.807, 2.05) is 0 Å². The molecule has 0 heterocycles. The molecule has 0 aromatic rings. The van der Waals surface area contributed by atoms with E-state index in [-0.39, 0.29) is 68.8 Å². The normalized spacial score (nSPS) is 15.8. The highest BCUT2D eigenvalue weighted by Gasteiger charge is 2.36. The number of hydrogen-bond donors (Lipinski definition) is 17. The van der Waals surface area contributed by atoms with Crippen LogP contribution in [0.25, 0.3) is 0 Å². The molecule has 0 bridgehead atoms. The maximum Gasteiger partial charge on any atom is 0.305 e. The maximum atomic E-state index is 14.1. The van der Waals surface area contributed by atoms with Crippen molar-refractivity contribution in [2.24, 2.45) is 62.1 Å². The van der Waals surface area contributed by atoms with Crippen LogP contribution in [0, 0.1) is 17.8 Å². The minimum atomic E-state index is -1.84. The van der Waals surface area contributed by atoms with Gasteiger partial charge in [0, 0.05) is 18.8 Å². The summed E-state index contributed by atoms with van der Waals surface area (Å²) >= 11 is 4.05. The number of hydrogen-bond acceptors (Lipinski definition) is 15.